The molecule has 3 N–H and O–H groups in total. The molecule has 1 unspecified atom stereocenters. The average Bonchev–Trinajstić information content (AvgIpc) is 2.17. The SMILES string of the molecule is CC(n1ccc(=O)[nH]c1=O)C(C)(C)CN. The predicted octanol–water partition coefficient (Wildman–Crippen LogP) is 0.0825. The normalized spacial score (nSPS) is 13.9. The van der Waals surface area contributed by atoms with Gasteiger partial charge in [0.05, 0.1) is 0 Å². The van der Waals surface area contributed by atoms with Gasteiger partial charge in [-0.05, 0) is 18.9 Å². The second-order valence-corrected chi connectivity index (χ2v) is 4.39. The zero-order chi connectivity index (χ0) is 11.6. The van der Waals surface area contributed by atoms with Crippen LogP contribution in [0.25, 0.3) is 0 Å². The van der Waals surface area contributed by atoms with E-state index in [0.29, 0.717) is 6.54 Å². The molecule has 0 radical (unpaired) electrons. The zero-order valence-electron chi connectivity index (χ0n) is 9.28. The van der Waals surface area contributed by atoms with Crippen molar-refractivity contribution in [2.24, 2.45) is 11.1 Å². The van der Waals surface area contributed by atoms with Gasteiger partial charge < -0.3 is 5.73 Å². The molecule has 0 spiro atoms. The van der Waals surface area contributed by atoms with E-state index >= 15 is 0 Å². The Labute approximate surface area is 87.9 Å². The first-order valence-electron chi connectivity index (χ1n) is 4.90. The average molecular weight is 211 g/mol. The van der Waals surface area contributed by atoms with Crippen molar-refractivity contribution in [2.45, 2.75) is 26.8 Å². The molecule has 5 nitrogen and oxygen atoms in total. The van der Waals surface area contributed by atoms with E-state index in [4.69, 9.17) is 5.73 Å². The van der Waals surface area contributed by atoms with Gasteiger partial charge in [-0.25, -0.2) is 4.79 Å². The Morgan fingerprint density at radius 1 is 1.53 bits per heavy atom. The van der Waals surface area contributed by atoms with Gasteiger partial charge in [0.2, 0.25) is 0 Å². The van der Waals surface area contributed by atoms with Crippen molar-refractivity contribution in [2.75, 3.05) is 6.54 Å². The van der Waals surface area contributed by atoms with Crippen molar-refractivity contribution in [3.05, 3.63) is 33.1 Å². The van der Waals surface area contributed by atoms with Gasteiger partial charge >= 0.3 is 5.69 Å². The minimum Gasteiger partial charge on any atom is -0.330 e. The lowest BCUT2D eigenvalue weighted by molar-refractivity contribution is 0.236. The van der Waals surface area contributed by atoms with Gasteiger partial charge in [-0.3, -0.25) is 14.3 Å². The highest BCUT2D eigenvalue weighted by atomic mass is 16.2. The van der Waals surface area contributed by atoms with E-state index in [0.717, 1.165) is 0 Å². The minimum atomic E-state index is -0.392. The fourth-order valence-corrected chi connectivity index (χ4v) is 1.28. The molecule has 84 valence electrons. The van der Waals surface area contributed by atoms with E-state index < -0.39 is 5.69 Å². The first-order chi connectivity index (χ1) is 6.88. The van der Waals surface area contributed by atoms with Crippen molar-refractivity contribution < 1.29 is 0 Å². The molecule has 0 aromatic carbocycles. The van der Waals surface area contributed by atoms with E-state index in [1.54, 1.807) is 0 Å². The summed E-state index contributed by atoms with van der Waals surface area (Å²) in [6.07, 6.45) is 1.50. The lowest BCUT2D eigenvalue weighted by atomic mass is 9.85. The van der Waals surface area contributed by atoms with Crippen LogP contribution in [-0.2, 0) is 0 Å². The van der Waals surface area contributed by atoms with Crippen LogP contribution in [0, 0.1) is 5.41 Å². The van der Waals surface area contributed by atoms with Gasteiger partial charge in [0.15, 0.2) is 0 Å². The minimum absolute atomic E-state index is 0.0631. The van der Waals surface area contributed by atoms with E-state index in [1.807, 2.05) is 20.8 Å². The molecule has 0 saturated heterocycles. The highest BCUT2D eigenvalue weighted by Gasteiger charge is 2.26. The van der Waals surface area contributed by atoms with Crippen LogP contribution in [0.3, 0.4) is 0 Å². The molecule has 0 fully saturated rings. The first-order valence-corrected chi connectivity index (χ1v) is 4.90. The molecular weight excluding hydrogens is 194 g/mol. The van der Waals surface area contributed by atoms with Crippen LogP contribution in [0.2, 0.25) is 0 Å². The van der Waals surface area contributed by atoms with Crippen molar-refractivity contribution >= 4 is 0 Å². The molecule has 0 saturated carbocycles. The molecule has 0 aliphatic heterocycles. The topological polar surface area (TPSA) is 80.9 Å². The smallest absolute Gasteiger partial charge is 0.328 e. The first kappa shape index (κ1) is 11.7. The van der Waals surface area contributed by atoms with Crippen LogP contribution < -0.4 is 17.0 Å². The monoisotopic (exact) mass is 211 g/mol. The summed E-state index contributed by atoms with van der Waals surface area (Å²) in [6, 6.07) is 1.27. The standard InChI is InChI=1S/C10H17N3O2/c1-7(10(2,3)6-11)13-5-4-8(14)12-9(13)15/h4-5,7H,6,11H2,1-3H3,(H,12,14,15). The number of hydrogen-bond donors (Lipinski definition) is 2. The van der Waals surface area contributed by atoms with Gasteiger partial charge in [0.1, 0.15) is 0 Å². The third kappa shape index (κ3) is 2.36. The molecule has 0 bridgehead atoms. The van der Waals surface area contributed by atoms with E-state index in [-0.39, 0.29) is 17.0 Å². The Kier molecular flexibility index (Phi) is 3.14. The maximum atomic E-state index is 11.5. The Morgan fingerprint density at radius 2 is 2.13 bits per heavy atom. The number of nitrogens with two attached hydrogens (primary N) is 1. The van der Waals surface area contributed by atoms with Gasteiger partial charge in [-0.2, -0.15) is 0 Å². The van der Waals surface area contributed by atoms with E-state index in [9.17, 15) is 9.59 Å². The van der Waals surface area contributed by atoms with Crippen LogP contribution in [0.15, 0.2) is 21.9 Å². The van der Waals surface area contributed by atoms with E-state index in [2.05, 4.69) is 4.98 Å². The summed E-state index contributed by atoms with van der Waals surface area (Å²) in [4.78, 5) is 24.6. The maximum Gasteiger partial charge on any atom is 0.328 e. The molecule has 0 aliphatic rings. The van der Waals surface area contributed by atoms with Crippen LogP contribution >= 0.6 is 0 Å². The molecule has 1 rings (SSSR count). The van der Waals surface area contributed by atoms with Gasteiger partial charge in [-0.15, -0.1) is 0 Å². The summed E-state index contributed by atoms with van der Waals surface area (Å²) < 4.78 is 1.49. The third-order valence-electron chi connectivity index (χ3n) is 2.93. The number of H-pyrrole nitrogens is 1. The number of aromatic nitrogens is 2. The summed E-state index contributed by atoms with van der Waals surface area (Å²) in [5, 5.41) is 0. The fourth-order valence-electron chi connectivity index (χ4n) is 1.28. The number of rotatable bonds is 3. The lowest BCUT2D eigenvalue weighted by Crippen LogP contribution is -2.39. The Balaban J connectivity index is 3.18. The molecule has 1 heterocycles. The van der Waals surface area contributed by atoms with E-state index in [1.165, 1.54) is 16.8 Å². The number of hydrogen-bond acceptors (Lipinski definition) is 3. The molecule has 5 heteroatoms. The van der Waals surface area contributed by atoms with Crippen molar-refractivity contribution in [3.63, 3.8) is 0 Å². The quantitative estimate of drug-likeness (QED) is 0.743. The Morgan fingerprint density at radius 3 is 2.60 bits per heavy atom. The molecule has 1 atom stereocenters. The van der Waals surface area contributed by atoms with Crippen molar-refractivity contribution in [1.82, 2.24) is 9.55 Å². The van der Waals surface area contributed by atoms with Crippen molar-refractivity contribution in [1.29, 1.82) is 0 Å². The van der Waals surface area contributed by atoms with Crippen LogP contribution in [-0.4, -0.2) is 16.1 Å². The molecule has 15 heavy (non-hydrogen) atoms. The highest BCUT2D eigenvalue weighted by Crippen LogP contribution is 2.27. The summed E-state index contributed by atoms with van der Waals surface area (Å²) in [5.74, 6) is 0. The van der Waals surface area contributed by atoms with Crippen LogP contribution in [0.4, 0.5) is 0 Å². The predicted molar refractivity (Wildman–Crippen MR) is 58.9 cm³/mol. The third-order valence-corrected chi connectivity index (χ3v) is 2.93. The summed E-state index contributed by atoms with van der Waals surface area (Å²) >= 11 is 0. The lowest BCUT2D eigenvalue weighted by Gasteiger charge is -2.31. The molecule has 1 aromatic rings. The largest absolute Gasteiger partial charge is 0.330 e. The van der Waals surface area contributed by atoms with Gasteiger partial charge in [-0.1, -0.05) is 13.8 Å². The fraction of sp³-hybridized carbons (Fsp3) is 0.600. The summed E-state index contributed by atoms with van der Waals surface area (Å²) in [5.41, 5.74) is 4.67. The zero-order valence-corrected chi connectivity index (χ0v) is 9.28. The van der Waals surface area contributed by atoms with Crippen LogP contribution in [0.5, 0.6) is 0 Å². The van der Waals surface area contributed by atoms with Gasteiger partial charge in [0, 0.05) is 18.3 Å². The number of nitrogens with one attached hydrogen (secondary N) is 1. The summed E-state index contributed by atoms with van der Waals surface area (Å²) in [6.45, 7) is 6.34. The Hall–Kier alpha value is -1.36. The number of nitrogens with zero attached hydrogens (tertiary/aromatic N) is 1. The molecular formula is C10H17N3O2. The molecule has 0 aliphatic carbocycles. The molecule has 0 amide bonds. The second-order valence-electron chi connectivity index (χ2n) is 4.39. The van der Waals surface area contributed by atoms with Gasteiger partial charge in [0.25, 0.3) is 5.56 Å². The summed E-state index contributed by atoms with van der Waals surface area (Å²) in [7, 11) is 0. The molecule has 1 aromatic heterocycles. The Bertz CT molecular complexity index is 444. The van der Waals surface area contributed by atoms with Crippen molar-refractivity contribution in [3.8, 4) is 0 Å². The number of aromatic amines is 1. The van der Waals surface area contributed by atoms with Crippen LogP contribution in [0.1, 0.15) is 26.8 Å². The second kappa shape index (κ2) is 4.02. The maximum absolute atomic E-state index is 11.5. The highest BCUT2D eigenvalue weighted by molar-refractivity contribution is 4.89.